The first-order valence-electron chi connectivity index (χ1n) is 47.3. The van der Waals surface area contributed by atoms with Crippen LogP contribution in [0, 0.1) is 22.7 Å². The van der Waals surface area contributed by atoms with Crippen molar-refractivity contribution in [3.63, 3.8) is 0 Å². The Bertz CT molecular complexity index is 8280. The summed E-state index contributed by atoms with van der Waals surface area (Å²) in [5.74, 6) is 0. The van der Waals surface area contributed by atoms with Crippen molar-refractivity contribution in [1.29, 1.82) is 10.5 Å². The number of rotatable bonds is 9. The second-order valence-corrected chi connectivity index (χ2v) is 23.8. The molecule has 3 aromatic heterocycles. The van der Waals surface area contributed by atoms with Gasteiger partial charge >= 0.3 is 0 Å². The van der Waals surface area contributed by atoms with Crippen LogP contribution in [0.2, 0.25) is 0 Å². The van der Waals surface area contributed by atoms with Crippen molar-refractivity contribution in [3.05, 3.63) is 350 Å². The van der Waals surface area contributed by atoms with Gasteiger partial charge in [-0.1, -0.05) is 224 Å². The van der Waals surface area contributed by atoms with Crippen molar-refractivity contribution in [2.45, 2.75) is 0 Å². The highest BCUT2D eigenvalue weighted by molar-refractivity contribution is 7.00. The molecular weight excluding hydrogens is 1210 g/mol. The lowest BCUT2D eigenvalue weighted by Crippen LogP contribution is -2.61. The number of nitrogens with zero attached hydrogens (tertiary/aromatic N) is 7. The van der Waals surface area contributed by atoms with Crippen molar-refractivity contribution < 1.29 is 43.9 Å². The lowest BCUT2D eigenvalue weighted by molar-refractivity contribution is 1.14. The molecule has 5 heterocycles. The summed E-state index contributed by atoms with van der Waals surface area (Å²) in [7, 11) is 0. The van der Waals surface area contributed by atoms with E-state index in [2.05, 4.69) is 6.07 Å². The molecule has 20 rings (SSSR count). The summed E-state index contributed by atoms with van der Waals surface area (Å²) in [6.07, 6.45) is 0. The molecule has 8 heteroatoms. The Hall–Kier alpha value is -13.7. The van der Waals surface area contributed by atoms with Crippen LogP contribution >= 0.6 is 0 Å². The second-order valence-electron chi connectivity index (χ2n) is 23.8. The average Bonchev–Trinajstić information content (AvgIpc) is 1.32. The highest BCUT2D eigenvalue weighted by Crippen LogP contribution is 2.50. The molecule has 0 bridgehead atoms. The lowest BCUT2D eigenvalue weighted by Gasteiger charge is -2.45. The molecule has 0 radical (unpaired) electrons. The molecule has 7 nitrogen and oxygen atoms in total. The molecule has 0 amide bonds. The minimum absolute atomic E-state index is 0.0238. The number of anilines is 6. The Labute approximate surface area is 622 Å². The number of nitriles is 2. The highest BCUT2D eigenvalue weighted by atomic mass is 15.2. The van der Waals surface area contributed by atoms with Gasteiger partial charge in [-0.3, -0.25) is 0 Å². The first kappa shape index (κ1) is 33.3. The Morgan fingerprint density at radius 3 is 1.29 bits per heavy atom. The van der Waals surface area contributed by atoms with Gasteiger partial charge < -0.3 is 23.5 Å². The van der Waals surface area contributed by atoms with E-state index in [4.69, 9.17) is 11.0 Å². The Morgan fingerprint density at radius 1 is 0.270 bits per heavy atom. The van der Waals surface area contributed by atoms with Gasteiger partial charge in [0.05, 0.1) is 106 Å². The quantitative estimate of drug-likeness (QED) is 0.135. The third-order valence-electron chi connectivity index (χ3n) is 18.5. The van der Waals surface area contributed by atoms with Crippen LogP contribution in [0.5, 0.6) is 0 Å². The number of aromatic nitrogens is 3. The van der Waals surface area contributed by atoms with E-state index < -0.39 is 250 Å². The minimum Gasteiger partial charge on any atom is -0.311 e. The third kappa shape index (κ3) is 8.78. The van der Waals surface area contributed by atoms with Gasteiger partial charge in [0.25, 0.3) is 6.71 Å². The number of hydrogen-bond acceptors (Lipinski definition) is 4. The lowest BCUT2D eigenvalue weighted by atomic mass is 9.33. The van der Waals surface area contributed by atoms with Crippen molar-refractivity contribution >= 4 is 123 Å². The van der Waals surface area contributed by atoms with Gasteiger partial charge in [-0.2, -0.15) is 10.5 Å². The summed E-state index contributed by atoms with van der Waals surface area (Å²) < 4.78 is 306. The molecule has 0 saturated heterocycles. The molecule has 0 aliphatic carbocycles. The zero-order chi connectivity index (χ0) is 94.0. The van der Waals surface area contributed by atoms with Gasteiger partial charge in [-0.25, -0.2) is 0 Å². The van der Waals surface area contributed by atoms with Gasteiger partial charge in [0.15, 0.2) is 0 Å². The number of para-hydroxylation sites is 4. The number of hydrogen-bond donors (Lipinski definition) is 0. The van der Waals surface area contributed by atoms with Crippen molar-refractivity contribution in [2.75, 3.05) is 9.80 Å². The maximum absolute atomic E-state index is 12.0. The van der Waals surface area contributed by atoms with Crippen LogP contribution in [0.1, 0.15) is 55.0 Å². The van der Waals surface area contributed by atoms with Crippen LogP contribution in [0.25, 0.3) is 127 Å². The average molecular weight is 1300 g/mol. The van der Waals surface area contributed by atoms with E-state index in [-0.39, 0.29) is 106 Å². The predicted octanol–water partition coefficient (Wildman–Crippen LogP) is 21.5. The monoisotopic (exact) mass is 1300 g/mol. The van der Waals surface area contributed by atoms with Crippen LogP contribution < -0.4 is 26.2 Å². The summed E-state index contributed by atoms with van der Waals surface area (Å²) in [6.45, 7) is -1.25. The van der Waals surface area contributed by atoms with E-state index in [0.29, 0.717) is 33.4 Å². The normalized spacial score (nSPS) is 16.8. The molecular formula is C92H56BN7. The molecule has 0 spiro atoms. The first-order chi connectivity index (χ1) is 62.8. The van der Waals surface area contributed by atoms with Crippen molar-refractivity contribution in [3.8, 4) is 73.7 Å². The fourth-order valence-corrected chi connectivity index (χ4v) is 14.4. The Balaban J connectivity index is 1.02. The van der Waals surface area contributed by atoms with Gasteiger partial charge in [-0.15, -0.1) is 0 Å². The smallest absolute Gasteiger partial charge is 0.252 e. The van der Waals surface area contributed by atoms with E-state index >= 15 is 0 Å². The second kappa shape index (κ2) is 22.5. The largest absolute Gasteiger partial charge is 0.311 e. The van der Waals surface area contributed by atoms with Crippen LogP contribution in [0.3, 0.4) is 0 Å². The van der Waals surface area contributed by atoms with E-state index in [1.165, 1.54) is 45.5 Å². The summed E-state index contributed by atoms with van der Waals surface area (Å²) in [6, 6.07) is 19.9. The molecule has 0 atom stereocenters. The molecule has 100 heavy (non-hydrogen) atoms. The molecule has 0 N–H and O–H groups in total. The highest BCUT2D eigenvalue weighted by Gasteiger charge is 2.45. The summed E-state index contributed by atoms with van der Waals surface area (Å²) in [5, 5.41) is 20.4. The zero-order valence-electron chi connectivity index (χ0n) is 83.6. The molecule has 2 aliphatic heterocycles. The minimum atomic E-state index is -1.25. The zero-order valence-corrected chi connectivity index (χ0v) is 51.6. The fourth-order valence-electron chi connectivity index (χ4n) is 14.4. The van der Waals surface area contributed by atoms with Crippen LogP contribution in [-0.4, -0.2) is 20.4 Å². The standard InChI is InChI=1S/C92H56BN7/c94-57-59-37-44-86-79(47-59)78-41-38-65(61-21-5-1-6-22-61)51-87(78)98(86)70-45-60(58-95)46-71(53-70)99-89-54-69(96-82-33-17-13-29-74(82)75-30-14-18-34-83(75)96)40-43-81(89)93-80-42-39-66(62-23-7-2-8-24-62)52-88(80)100(72-49-67(63-25-9-3-10-26-63)48-68(50-72)64-27-11-4-12-28-64)91-56-73(55-90(99)92(91)93)97-84-35-19-15-31-76(84)77-32-16-20-36-85(77)97/h1-56H/i1D,2D,5D,6D,7D,8D,13D,14D,15D,16D,17D,18D,19D,20D,21D,22D,23D,24D,29D,30D,31D,32D,33D,34D,35D,36D,37D,38D,41D,44D,47D,51D. The number of benzene rings is 15. The first-order valence-corrected chi connectivity index (χ1v) is 31.3. The molecule has 0 fully saturated rings. The Morgan fingerprint density at radius 2 is 0.720 bits per heavy atom. The summed E-state index contributed by atoms with van der Waals surface area (Å²) in [5.41, 5.74) is -1.88. The van der Waals surface area contributed by atoms with Gasteiger partial charge in [0.1, 0.15) is 0 Å². The molecule has 2 aliphatic rings. The Kier molecular flexibility index (Phi) is 7.49. The van der Waals surface area contributed by atoms with Crippen molar-refractivity contribution in [2.24, 2.45) is 0 Å². The van der Waals surface area contributed by atoms with E-state index in [0.717, 1.165) is 4.57 Å². The summed E-state index contributed by atoms with van der Waals surface area (Å²) in [4.78, 5) is 3.37. The van der Waals surface area contributed by atoms with Crippen LogP contribution in [0.15, 0.2) is 339 Å². The van der Waals surface area contributed by atoms with Crippen molar-refractivity contribution in [1.82, 2.24) is 13.7 Å². The maximum Gasteiger partial charge on any atom is 0.252 e. The fraction of sp³-hybridized carbons (Fsp3) is 0. The molecule has 0 saturated carbocycles. The molecule has 18 aromatic rings. The van der Waals surface area contributed by atoms with Crippen LogP contribution in [-0.2, 0) is 0 Å². The molecule has 462 valence electrons. The third-order valence-corrected chi connectivity index (χ3v) is 18.5. The van der Waals surface area contributed by atoms with Gasteiger partial charge in [0, 0.05) is 77.8 Å². The topological polar surface area (TPSA) is 68.8 Å². The number of fused-ring (bicyclic) bond motifs is 13. The van der Waals surface area contributed by atoms with Gasteiger partial charge in [0.2, 0.25) is 0 Å². The van der Waals surface area contributed by atoms with E-state index in [1.807, 2.05) is 78.9 Å². The van der Waals surface area contributed by atoms with E-state index in [9.17, 15) is 43.4 Å². The van der Waals surface area contributed by atoms with Gasteiger partial charge in [-0.05, 0) is 176 Å². The molecule has 15 aromatic carbocycles. The molecule has 0 unspecified atom stereocenters. The SMILES string of the molecule is [2H]c1c([2H])c([2H])c(-c2ccc3c(c2)N(c2cc(-c4ccccc4)cc(-c4ccccc4)c2)c2cc(-n4c5c([2H])c([2H])c([2H])c([2H])c5c5c([2H])c([2H])c([2H])c([2H])c54)cc4c2B3c2ccc(-n3c5c([2H])c([2H])c([2H])c([2H])c5c5c([2H])c([2H])c([2H])c([2H])c53)cc2N4c2cc(C#N)cc(-n3c4c([2H])c([2H])c(C#N)c([2H])c4c4c([2H])c([2H])c(-c5c([2H])c([2H])c([2H])c([2H])c5[2H])c([2H])c43)c2)c([2H])c1[2H]. The summed E-state index contributed by atoms with van der Waals surface area (Å²) >= 11 is 0. The predicted molar refractivity (Wildman–Crippen MR) is 415 cm³/mol. The van der Waals surface area contributed by atoms with E-state index in [1.54, 1.807) is 46.2 Å². The van der Waals surface area contributed by atoms with Crippen LogP contribution in [0.4, 0.5) is 34.1 Å². The maximum atomic E-state index is 12.0.